The predicted molar refractivity (Wildman–Crippen MR) is 42.2 cm³/mol. The van der Waals surface area contributed by atoms with Crippen LogP contribution in [-0.4, -0.2) is 28.4 Å². The van der Waals surface area contributed by atoms with Gasteiger partial charge >= 0.3 is 0 Å². The zero-order valence-electron chi connectivity index (χ0n) is 6.52. The highest BCUT2D eigenvalue weighted by Crippen LogP contribution is 1.91. The van der Waals surface area contributed by atoms with Gasteiger partial charge in [0.05, 0.1) is 0 Å². The highest BCUT2D eigenvalue weighted by Gasteiger charge is 1.87. The van der Waals surface area contributed by atoms with Crippen LogP contribution in [0.25, 0.3) is 0 Å². The van der Waals surface area contributed by atoms with Gasteiger partial charge in [0.15, 0.2) is 15.2 Å². The van der Waals surface area contributed by atoms with Gasteiger partial charge < -0.3 is 4.74 Å². The van der Waals surface area contributed by atoms with Gasteiger partial charge in [0.2, 0.25) is 0 Å². The zero-order chi connectivity index (χ0) is 6.95. The van der Waals surface area contributed by atoms with E-state index in [4.69, 9.17) is 4.74 Å². The van der Waals surface area contributed by atoms with E-state index >= 15 is 0 Å². The van der Waals surface area contributed by atoms with E-state index in [1.807, 2.05) is 6.92 Å². The Morgan fingerprint density at radius 3 is 2.67 bits per heavy atom. The molecule has 53 valence electrons. The van der Waals surface area contributed by atoms with Crippen LogP contribution in [0, 0.1) is 0 Å². The molecule has 0 fully saturated rings. The van der Waals surface area contributed by atoms with Crippen molar-refractivity contribution in [1.82, 2.24) is 0 Å². The maximum Gasteiger partial charge on any atom is 0.199 e. The fraction of sp³-hybridized carbons (Fsp3) is 1.00. The molecule has 9 heavy (non-hydrogen) atoms. The lowest BCUT2D eigenvalue weighted by molar-refractivity contribution is 0.148. The highest BCUT2D eigenvalue weighted by molar-refractivity contribution is 6.35. The molecule has 1 nitrogen and oxygen atoms in total. The molecular weight excluding hydrogens is 127 g/mol. The van der Waals surface area contributed by atoms with Gasteiger partial charge in [-0.2, -0.15) is 0 Å². The molecule has 0 rings (SSSR count). The van der Waals surface area contributed by atoms with Crippen molar-refractivity contribution < 1.29 is 4.74 Å². The Kier molecular flexibility index (Phi) is 8.96. The largest absolute Gasteiger partial charge is 0.382 e. The van der Waals surface area contributed by atoms with Crippen molar-refractivity contribution in [2.75, 3.05) is 13.2 Å². The zero-order valence-corrected chi connectivity index (χ0v) is 7.68. The molecule has 0 aromatic heterocycles. The first-order valence-electron chi connectivity index (χ1n) is 3.81. The van der Waals surface area contributed by atoms with Gasteiger partial charge in [-0.25, -0.2) is 0 Å². The van der Waals surface area contributed by atoms with Crippen LogP contribution in [0.4, 0.5) is 0 Å². The van der Waals surface area contributed by atoms with Crippen molar-refractivity contribution in [3.63, 3.8) is 0 Å². The van der Waals surface area contributed by atoms with Crippen molar-refractivity contribution in [3.05, 3.63) is 0 Å². The van der Waals surface area contributed by atoms with Gasteiger partial charge in [-0.3, -0.25) is 0 Å². The van der Waals surface area contributed by atoms with E-state index in [-0.39, 0.29) is 0 Å². The summed E-state index contributed by atoms with van der Waals surface area (Å²) in [4.78, 5) is 0. The van der Waals surface area contributed by atoms with Crippen molar-refractivity contribution in [3.8, 4) is 0 Å². The second-order valence-electron chi connectivity index (χ2n) is 2.04. The number of ether oxygens (including phenoxy) is 1. The van der Waals surface area contributed by atoms with Crippen LogP contribution >= 0.6 is 0 Å². The van der Waals surface area contributed by atoms with E-state index in [9.17, 15) is 0 Å². The summed E-state index contributed by atoms with van der Waals surface area (Å²) in [6.07, 6.45) is 1.27. The molecule has 0 amide bonds. The molecule has 0 aliphatic heterocycles. The van der Waals surface area contributed by atoms with Gasteiger partial charge in [0.1, 0.15) is 0 Å². The lowest BCUT2D eigenvalue weighted by Gasteiger charge is -1.97. The predicted octanol–water partition coefficient (Wildman–Crippen LogP) is 1.97. The Bertz CT molecular complexity index is 42.2. The molecule has 0 spiro atoms. The maximum absolute atomic E-state index is 5.19. The quantitative estimate of drug-likeness (QED) is 0.408. The fourth-order valence-corrected chi connectivity index (χ4v) is 1.54. The summed E-state index contributed by atoms with van der Waals surface area (Å²) in [6, 6.07) is 0. The van der Waals surface area contributed by atoms with Crippen LogP contribution in [-0.2, 0) is 4.74 Å². The Hall–Kier alpha value is 0.492. The van der Waals surface area contributed by atoms with E-state index in [1.54, 1.807) is 0 Å². The third kappa shape index (κ3) is 8.49. The van der Waals surface area contributed by atoms with Crippen molar-refractivity contribution in [2.24, 2.45) is 0 Å². The molecule has 2 heteroatoms. The van der Waals surface area contributed by atoms with Crippen LogP contribution in [0.5, 0.6) is 0 Å². The molecule has 0 aromatic carbocycles. The minimum Gasteiger partial charge on any atom is -0.382 e. The summed E-state index contributed by atoms with van der Waals surface area (Å²) >= 11 is 0.730. The van der Waals surface area contributed by atoms with E-state index in [2.05, 4.69) is 6.92 Å². The second kappa shape index (κ2) is 8.49. The molecular formula is C7H16AlO. The van der Waals surface area contributed by atoms with Crippen LogP contribution in [0.1, 0.15) is 20.3 Å². The van der Waals surface area contributed by atoms with Crippen LogP contribution in [0.2, 0.25) is 10.6 Å². The third-order valence-corrected chi connectivity index (χ3v) is 2.58. The summed E-state index contributed by atoms with van der Waals surface area (Å²) in [5.41, 5.74) is 0. The lowest BCUT2D eigenvalue weighted by atomic mass is 10.5. The molecule has 0 aliphatic carbocycles. The van der Waals surface area contributed by atoms with Crippen molar-refractivity contribution in [1.29, 1.82) is 0 Å². The minimum atomic E-state index is 0.730. The Labute approximate surface area is 64.5 Å². The smallest absolute Gasteiger partial charge is 0.199 e. The topological polar surface area (TPSA) is 9.23 Å². The van der Waals surface area contributed by atoms with Crippen molar-refractivity contribution in [2.45, 2.75) is 30.8 Å². The molecule has 0 unspecified atom stereocenters. The molecule has 1 radical (unpaired) electrons. The minimum absolute atomic E-state index is 0.730. The average Bonchev–Trinajstić information content (AvgIpc) is 1.89. The second-order valence-corrected chi connectivity index (χ2v) is 4.01. The number of hydrogen-bond donors (Lipinski definition) is 0. The monoisotopic (exact) mass is 143 g/mol. The standard InChI is InChI=1S/C5H11O.C2H5.Al/c1-3-5-6-4-2;1-2;/h1,3-5H2,2H3;1H2,2H3;. The normalized spacial score (nSPS) is 9.56. The Morgan fingerprint density at radius 1 is 1.33 bits per heavy atom. The van der Waals surface area contributed by atoms with Gasteiger partial charge in [0.25, 0.3) is 0 Å². The third-order valence-electron chi connectivity index (χ3n) is 1.19. The summed E-state index contributed by atoms with van der Waals surface area (Å²) in [5, 5.41) is 2.81. The lowest BCUT2D eigenvalue weighted by Crippen LogP contribution is -1.95. The summed E-state index contributed by atoms with van der Waals surface area (Å²) in [6.45, 7) is 6.16. The molecule has 0 atom stereocenters. The van der Waals surface area contributed by atoms with Gasteiger partial charge in [0, 0.05) is 13.2 Å². The molecule has 0 saturated carbocycles. The molecule has 0 aliphatic rings. The number of hydrogen-bond acceptors (Lipinski definition) is 1. The Balaban J connectivity index is 2.60. The highest BCUT2D eigenvalue weighted by atomic mass is 27.1. The SMILES string of the molecule is CCOCC[CH2][Al][CH2]C. The van der Waals surface area contributed by atoms with Gasteiger partial charge in [-0.05, 0) is 13.3 Å². The van der Waals surface area contributed by atoms with Crippen LogP contribution < -0.4 is 0 Å². The molecule has 0 saturated heterocycles. The molecule has 0 N–H and O–H groups in total. The molecule has 0 bridgehead atoms. The molecule has 0 aromatic rings. The first-order valence-corrected chi connectivity index (χ1v) is 5.44. The summed E-state index contributed by atoms with van der Waals surface area (Å²) in [7, 11) is 0. The van der Waals surface area contributed by atoms with Crippen LogP contribution in [0.15, 0.2) is 0 Å². The van der Waals surface area contributed by atoms with Crippen molar-refractivity contribution >= 4 is 15.2 Å². The Morgan fingerprint density at radius 2 is 2.11 bits per heavy atom. The van der Waals surface area contributed by atoms with E-state index in [1.165, 1.54) is 17.0 Å². The van der Waals surface area contributed by atoms with E-state index in [0.29, 0.717) is 0 Å². The average molecular weight is 143 g/mol. The van der Waals surface area contributed by atoms with Gasteiger partial charge in [-0.1, -0.05) is 6.92 Å². The van der Waals surface area contributed by atoms with Crippen LogP contribution in [0.3, 0.4) is 0 Å². The maximum atomic E-state index is 5.19. The summed E-state index contributed by atoms with van der Waals surface area (Å²) in [5.74, 6) is 0. The number of rotatable bonds is 6. The summed E-state index contributed by atoms with van der Waals surface area (Å²) < 4.78 is 5.19. The van der Waals surface area contributed by atoms with Gasteiger partial charge in [-0.15, -0.1) is 10.6 Å². The van der Waals surface area contributed by atoms with E-state index < -0.39 is 0 Å². The first kappa shape index (κ1) is 9.49. The fourth-order valence-electron chi connectivity index (χ4n) is 0.678. The van der Waals surface area contributed by atoms with E-state index in [0.717, 1.165) is 28.4 Å². The first-order chi connectivity index (χ1) is 4.41. The molecule has 0 heterocycles.